The maximum Gasteiger partial charge on any atom is 0.133 e. The highest BCUT2D eigenvalue weighted by Gasteiger charge is 2.10. The normalized spacial score (nSPS) is 10.1. The molecule has 0 saturated heterocycles. The van der Waals surface area contributed by atoms with E-state index in [0.29, 0.717) is 6.54 Å². The first kappa shape index (κ1) is 13.5. The minimum Gasteiger partial charge on any atom is -0.496 e. The second-order valence-electron chi connectivity index (χ2n) is 3.71. The lowest BCUT2D eigenvalue weighted by atomic mass is 10.1. The third-order valence-electron chi connectivity index (χ3n) is 2.66. The Hall–Kier alpha value is -1.55. The van der Waals surface area contributed by atoms with Crippen LogP contribution in [0.5, 0.6) is 11.5 Å². The summed E-state index contributed by atoms with van der Waals surface area (Å²) < 4.78 is 10.6. The number of methoxy groups -OCH3 is 2. The van der Waals surface area contributed by atoms with Crippen LogP contribution < -0.4 is 14.8 Å². The second kappa shape index (κ2) is 6.91. The van der Waals surface area contributed by atoms with Crippen LogP contribution >= 0.6 is 0 Å². The van der Waals surface area contributed by atoms with E-state index in [1.807, 2.05) is 19.1 Å². The number of hydrogen-bond donors (Lipinski definition) is 1. The van der Waals surface area contributed by atoms with Gasteiger partial charge in [-0.1, -0.05) is 6.07 Å². The van der Waals surface area contributed by atoms with Gasteiger partial charge in [0.1, 0.15) is 17.8 Å². The largest absolute Gasteiger partial charge is 0.496 e. The number of ether oxygens (including phenoxy) is 2. The van der Waals surface area contributed by atoms with Crippen LogP contribution in [-0.2, 0) is 11.2 Å². The van der Waals surface area contributed by atoms with Crippen molar-refractivity contribution >= 4 is 6.29 Å². The van der Waals surface area contributed by atoms with Crippen molar-refractivity contribution in [2.24, 2.45) is 0 Å². The van der Waals surface area contributed by atoms with Crippen molar-refractivity contribution < 1.29 is 14.3 Å². The Bertz CT molecular complexity index is 377. The molecule has 0 heterocycles. The Morgan fingerprint density at radius 3 is 2.65 bits per heavy atom. The zero-order valence-electron chi connectivity index (χ0n) is 10.6. The topological polar surface area (TPSA) is 47.6 Å². The van der Waals surface area contributed by atoms with Crippen LogP contribution in [0.2, 0.25) is 0 Å². The molecule has 0 atom stereocenters. The Morgan fingerprint density at radius 1 is 1.29 bits per heavy atom. The molecule has 1 rings (SSSR count). The van der Waals surface area contributed by atoms with E-state index < -0.39 is 0 Å². The van der Waals surface area contributed by atoms with Gasteiger partial charge in [0, 0.05) is 5.56 Å². The van der Waals surface area contributed by atoms with Crippen molar-refractivity contribution in [3.63, 3.8) is 0 Å². The highest BCUT2D eigenvalue weighted by Crippen LogP contribution is 2.31. The van der Waals surface area contributed by atoms with Gasteiger partial charge in [-0.15, -0.1) is 0 Å². The molecule has 0 radical (unpaired) electrons. The molecule has 4 nitrogen and oxygen atoms in total. The highest BCUT2D eigenvalue weighted by molar-refractivity contribution is 5.52. The zero-order valence-corrected chi connectivity index (χ0v) is 10.6. The summed E-state index contributed by atoms with van der Waals surface area (Å²) in [5, 5.41) is 3.03. The van der Waals surface area contributed by atoms with Gasteiger partial charge < -0.3 is 19.6 Å². The van der Waals surface area contributed by atoms with E-state index in [0.717, 1.165) is 41.9 Å². The van der Waals surface area contributed by atoms with Crippen LogP contribution in [0.4, 0.5) is 0 Å². The Labute approximate surface area is 102 Å². The van der Waals surface area contributed by atoms with Crippen molar-refractivity contribution in [3.05, 3.63) is 23.3 Å². The number of carbonyl (C=O) groups excluding carboxylic acids is 1. The van der Waals surface area contributed by atoms with Crippen molar-refractivity contribution in [2.75, 3.05) is 27.3 Å². The first-order valence-electron chi connectivity index (χ1n) is 5.59. The SMILES string of the molecule is COc1ccc(CCNCC=O)c(OC)c1C. The Kier molecular flexibility index (Phi) is 5.49. The Balaban J connectivity index is 2.77. The van der Waals surface area contributed by atoms with Gasteiger partial charge in [-0.3, -0.25) is 0 Å². The van der Waals surface area contributed by atoms with Crippen molar-refractivity contribution in [1.29, 1.82) is 0 Å². The summed E-state index contributed by atoms with van der Waals surface area (Å²) in [5.41, 5.74) is 2.12. The molecule has 0 aliphatic heterocycles. The van der Waals surface area contributed by atoms with Gasteiger partial charge in [0.15, 0.2) is 0 Å². The van der Waals surface area contributed by atoms with Crippen molar-refractivity contribution in [1.82, 2.24) is 5.32 Å². The third kappa shape index (κ3) is 3.46. The van der Waals surface area contributed by atoms with Gasteiger partial charge in [-0.05, 0) is 31.5 Å². The molecule has 0 aliphatic carbocycles. The summed E-state index contributed by atoms with van der Waals surface area (Å²) in [5.74, 6) is 1.68. The quantitative estimate of drug-likeness (QED) is 0.574. The summed E-state index contributed by atoms with van der Waals surface area (Å²) in [6.45, 7) is 3.11. The molecular formula is C13H19NO3. The van der Waals surface area contributed by atoms with E-state index in [4.69, 9.17) is 9.47 Å². The lowest BCUT2D eigenvalue weighted by molar-refractivity contribution is -0.107. The fraction of sp³-hybridized carbons (Fsp3) is 0.462. The maximum absolute atomic E-state index is 10.2. The first-order valence-corrected chi connectivity index (χ1v) is 5.59. The maximum atomic E-state index is 10.2. The summed E-state index contributed by atoms with van der Waals surface area (Å²) in [6, 6.07) is 3.93. The van der Waals surface area contributed by atoms with Crippen LogP contribution in [-0.4, -0.2) is 33.6 Å². The molecule has 0 fully saturated rings. The van der Waals surface area contributed by atoms with E-state index in [1.54, 1.807) is 14.2 Å². The molecule has 0 unspecified atom stereocenters. The molecule has 1 aromatic rings. The van der Waals surface area contributed by atoms with Gasteiger partial charge >= 0.3 is 0 Å². The van der Waals surface area contributed by atoms with Gasteiger partial charge in [0.25, 0.3) is 0 Å². The van der Waals surface area contributed by atoms with Gasteiger partial charge in [-0.25, -0.2) is 0 Å². The predicted molar refractivity (Wildman–Crippen MR) is 66.9 cm³/mol. The Morgan fingerprint density at radius 2 is 2.06 bits per heavy atom. The number of benzene rings is 1. The van der Waals surface area contributed by atoms with Crippen LogP contribution in [0, 0.1) is 6.92 Å². The fourth-order valence-corrected chi connectivity index (χ4v) is 1.82. The third-order valence-corrected chi connectivity index (χ3v) is 2.66. The summed E-state index contributed by atoms with van der Waals surface area (Å²) in [4.78, 5) is 10.2. The summed E-state index contributed by atoms with van der Waals surface area (Å²) >= 11 is 0. The number of carbonyl (C=O) groups is 1. The molecule has 1 N–H and O–H groups in total. The number of aldehydes is 1. The standard InChI is InChI=1S/C13H19NO3/c1-10-12(16-2)5-4-11(13(10)17-3)6-7-14-8-9-15/h4-5,9,14H,6-8H2,1-3H3. The molecule has 0 aromatic heterocycles. The molecule has 0 amide bonds. The van der Waals surface area contributed by atoms with Gasteiger partial charge in [0.05, 0.1) is 20.8 Å². The first-order chi connectivity index (χ1) is 8.24. The number of rotatable bonds is 7. The van der Waals surface area contributed by atoms with E-state index in [2.05, 4.69) is 5.32 Å². The number of hydrogen-bond acceptors (Lipinski definition) is 4. The molecule has 0 aliphatic rings. The van der Waals surface area contributed by atoms with Crippen molar-refractivity contribution in [3.8, 4) is 11.5 Å². The predicted octanol–water partition coefficient (Wildman–Crippen LogP) is 1.34. The molecule has 0 bridgehead atoms. The molecule has 17 heavy (non-hydrogen) atoms. The van der Waals surface area contributed by atoms with E-state index in [1.165, 1.54) is 0 Å². The van der Waals surface area contributed by atoms with Crippen molar-refractivity contribution in [2.45, 2.75) is 13.3 Å². The van der Waals surface area contributed by atoms with E-state index in [-0.39, 0.29) is 0 Å². The van der Waals surface area contributed by atoms with Crippen LogP contribution in [0.3, 0.4) is 0 Å². The molecule has 4 heteroatoms. The molecule has 1 aromatic carbocycles. The van der Waals surface area contributed by atoms with Gasteiger partial charge in [0.2, 0.25) is 0 Å². The smallest absolute Gasteiger partial charge is 0.133 e. The van der Waals surface area contributed by atoms with Crippen LogP contribution in [0.15, 0.2) is 12.1 Å². The highest BCUT2D eigenvalue weighted by atomic mass is 16.5. The van der Waals surface area contributed by atoms with Crippen LogP contribution in [0.1, 0.15) is 11.1 Å². The molecular weight excluding hydrogens is 218 g/mol. The average molecular weight is 237 g/mol. The van der Waals surface area contributed by atoms with E-state index >= 15 is 0 Å². The minimum atomic E-state index is 0.386. The average Bonchev–Trinajstić information content (AvgIpc) is 2.35. The zero-order chi connectivity index (χ0) is 12.7. The summed E-state index contributed by atoms with van der Waals surface area (Å²) in [7, 11) is 3.30. The molecule has 94 valence electrons. The minimum absolute atomic E-state index is 0.386. The van der Waals surface area contributed by atoms with E-state index in [9.17, 15) is 4.79 Å². The van der Waals surface area contributed by atoms with Crippen LogP contribution in [0.25, 0.3) is 0 Å². The number of nitrogens with one attached hydrogen (secondary N) is 1. The summed E-state index contributed by atoms with van der Waals surface area (Å²) in [6.07, 6.45) is 1.68. The van der Waals surface area contributed by atoms with Gasteiger partial charge in [-0.2, -0.15) is 0 Å². The monoisotopic (exact) mass is 237 g/mol. The lowest BCUT2D eigenvalue weighted by Gasteiger charge is -2.14. The fourth-order valence-electron chi connectivity index (χ4n) is 1.82. The lowest BCUT2D eigenvalue weighted by Crippen LogP contribution is -2.19. The molecule has 0 spiro atoms. The molecule has 0 saturated carbocycles. The second-order valence-corrected chi connectivity index (χ2v) is 3.71.